The number of carbonyl (C=O) groups excluding carboxylic acids is 1. The van der Waals surface area contributed by atoms with Crippen molar-refractivity contribution in [2.75, 3.05) is 5.32 Å². The van der Waals surface area contributed by atoms with Gasteiger partial charge in [0.25, 0.3) is 0 Å². The van der Waals surface area contributed by atoms with Gasteiger partial charge in [-0.1, -0.05) is 42.0 Å². The van der Waals surface area contributed by atoms with Crippen LogP contribution in [-0.2, 0) is 11.2 Å². The second kappa shape index (κ2) is 6.70. The van der Waals surface area contributed by atoms with Crippen molar-refractivity contribution in [3.63, 3.8) is 0 Å². The van der Waals surface area contributed by atoms with Gasteiger partial charge in [-0.3, -0.25) is 4.79 Å². The van der Waals surface area contributed by atoms with Crippen LogP contribution in [0, 0.1) is 10.5 Å². The summed E-state index contributed by atoms with van der Waals surface area (Å²) in [5, 5.41) is 2.95. The van der Waals surface area contributed by atoms with Crippen LogP contribution in [-0.4, -0.2) is 5.91 Å². The summed E-state index contributed by atoms with van der Waals surface area (Å²) in [7, 11) is 0. The molecule has 0 saturated heterocycles. The summed E-state index contributed by atoms with van der Waals surface area (Å²) in [6, 6.07) is 16.1. The summed E-state index contributed by atoms with van der Waals surface area (Å²) < 4.78 is 1.06. The molecule has 0 bridgehead atoms. The number of hydrogen-bond acceptors (Lipinski definition) is 1. The second-order valence-electron chi connectivity index (χ2n) is 4.51. The average Bonchev–Trinajstić information content (AvgIpc) is 2.41. The maximum absolute atomic E-state index is 11.9. The molecule has 0 aliphatic rings. The molecule has 0 aliphatic heterocycles. The predicted molar refractivity (Wildman–Crippen MR) is 87.3 cm³/mol. The van der Waals surface area contributed by atoms with E-state index in [9.17, 15) is 4.79 Å². The molecular weight excluding hydrogens is 349 g/mol. The first-order valence-corrected chi connectivity index (χ1v) is 7.33. The topological polar surface area (TPSA) is 29.1 Å². The third kappa shape index (κ3) is 4.35. The Kier molecular flexibility index (Phi) is 4.96. The van der Waals surface area contributed by atoms with Crippen LogP contribution in [0.1, 0.15) is 17.5 Å². The van der Waals surface area contributed by atoms with Crippen LogP contribution in [0.4, 0.5) is 5.69 Å². The van der Waals surface area contributed by atoms with Crippen molar-refractivity contribution in [1.82, 2.24) is 0 Å². The Morgan fingerprint density at radius 3 is 2.47 bits per heavy atom. The number of rotatable bonds is 4. The zero-order valence-electron chi connectivity index (χ0n) is 10.8. The summed E-state index contributed by atoms with van der Waals surface area (Å²) in [4.78, 5) is 11.9. The van der Waals surface area contributed by atoms with Crippen LogP contribution in [0.15, 0.2) is 48.5 Å². The summed E-state index contributed by atoms with van der Waals surface area (Å²) in [6.07, 6.45) is 1.28. The van der Waals surface area contributed by atoms with Crippen molar-refractivity contribution in [3.8, 4) is 0 Å². The van der Waals surface area contributed by atoms with Crippen molar-refractivity contribution in [3.05, 3.63) is 63.2 Å². The van der Waals surface area contributed by atoms with E-state index in [4.69, 9.17) is 0 Å². The van der Waals surface area contributed by atoms with Crippen molar-refractivity contribution in [1.29, 1.82) is 0 Å². The van der Waals surface area contributed by atoms with Crippen molar-refractivity contribution >= 4 is 34.2 Å². The van der Waals surface area contributed by atoms with E-state index in [0.29, 0.717) is 6.42 Å². The molecule has 0 aromatic heterocycles. The number of para-hydroxylation sites is 1. The smallest absolute Gasteiger partial charge is 0.224 e. The highest BCUT2D eigenvalue weighted by atomic mass is 127. The molecule has 2 nitrogen and oxygen atoms in total. The lowest BCUT2D eigenvalue weighted by Crippen LogP contribution is -2.13. The molecule has 0 aliphatic carbocycles. The molecule has 1 N–H and O–H groups in total. The van der Waals surface area contributed by atoms with Crippen LogP contribution in [0.25, 0.3) is 0 Å². The molecule has 3 heteroatoms. The number of amides is 1. The van der Waals surface area contributed by atoms with E-state index >= 15 is 0 Å². The fourth-order valence-corrected chi connectivity index (χ4v) is 2.31. The SMILES string of the molecule is Cc1ccc(CCC(=O)Nc2ccccc2I)cc1. The molecule has 0 fully saturated rings. The molecule has 98 valence electrons. The van der Waals surface area contributed by atoms with E-state index in [1.807, 2.05) is 24.3 Å². The Morgan fingerprint density at radius 1 is 1.11 bits per heavy atom. The minimum absolute atomic E-state index is 0.0599. The molecule has 2 aromatic carbocycles. The molecule has 2 aromatic rings. The Bertz CT molecular complexity index is 563. The van der Waals surface area contributed by atoms with Crippen molar-refractivity contribution < 1.29 is 4.79 Å². The Hall–Kier alpha value is -1.36. The molecule has 0 heterocycles. The van der Waals surface area contributed by atoms with E-state index in [2.05, 4.69) is 59.1 Å². The summed E-state index contributed by atoms with van der Waals surface area (Å²) in [5.41, 5.74) is 3.33. The van der Waals surface area contributed by atoms with Crippen LogP contribution < -0.4 is 5.32 Å². The number of nitrogens with one attached hydrogen (secondary N) is 1. The Balaban J connectivity index is 1.88. The monoisotopic (exact) mass is 365 g/mol. The Labute approximate surface area is 127 Å². The highest BCUT2D eigenvalue weighted by Crippen LogP contribution is 2.17. The zero-order valence-corrected chi connectivity index (χ0v) is 13.0. The first-order valence-electron chi connectivity index (χ1n) is 6.25. The molecule has 19 heavy (non-hydrogen) atoms. The first kappa shape index (κ1) is 14.1. The van der Waals surface area contributed by atoms with Gasteiger partial charge in [0.2, 0.25) is 5.91 Å². The van der Waals surface area contributed by atoms with Crippen LogP contribution >= 0.6 is 22.6 Å². The normalized spacial score (nSPS) is 10.2. The fourth-order valence-electron chi connectivity index (χ4n) is 1.79. The summed E-state index contributed by atoms with van der Waals surface area (Å²) in [6.45, 7) is 2.06. The maximum atomic E-state index is 11.9. The third-order valence-corrected chi connectivity index (χ3v) is 3.85. The number of benzene rings is 2. The van der Waals surface area contributed by atoms with E-state index in [0.717, 1.165) is 15.7 Å². The van der Waals surface area contributed by atoms with E-state index in [1.54, 1.807) is 0 Å². The minimum atomic E-state index is 0.0599. The predicted octanol–water partition coefficient (Wildman–Crippen LogP) is 4.17. The molecular formula is C16H16INO. The number of halogens is 1. The molecule has 0 spiro atoms. The minimum Gasteiger partial charge on any atom is -0.325 e. The summed E-state index contributed by atoms with van der Waals surface area (Å²) >= 11 is 2.22. The second-order valence-corrected chi connectivity index (χ2v) is 5.68. The maximum Gasteiger partial charge on any atom is 0.224 e. The van der Waals surface area contributed by atoms with Crippen LogP contribution in [0.2, 0.25) is 0 Å². The number of aryl methyl sites for hydroxylation is 2. The highest BCUT2D eigenvalue weighted by molar-refractivity contribution is 14.1. The van der Waals surface area contributed by atoms with Gasteiger partial charge in [-0.15, -0.1) is 0 Å². The standard InChI is InChI=1S/C16H16INO/c1-12-6-8-13(9-7-12)10-11-16(19)18-15-5-3-2-4-14(15)17/h2-9H,10-11H2,1H3,(H,18,19). The average molecular weight is 365 g/mol. The van der Waals surface area contributed by atoms with Gasteiger partial charge in [-0.2, -0.15) is 0 Å². The largest absolute Gasteiger partial charge is 0.325 e. The zero-order chi connectivity index (χ0) is 13.7. The van der Waals surface area contributed by atoms with Crippen molar-refractivity contribution in [2.45, 2.75) is 19.8 Å². The number of hydrogen-bond donors (Lipinski definition) is 1. The molecule has 0 radical (unpaired) electrons. The van der Waals surface area contributed by atoms with Gasteiger partial charge in [0.1, 0.15) is 0 Å². The quantitative estimate of drug-likeness (QED) is 0.810. The molecule has 0 unspecified atom stereocenters. The van der Waals surface area contributed by atoms with Gasteiger partial charge in [0.15, 0.2) is 0 Å². The van der Waals surface area contributed by atoms with Gasteiger partial charge < -0.3 is 5.32 Å². The lowest BCUT2D eigenvalue weighted by atomic mass is 10.1. The lowest BCUT2D eigenvalue weighted by Gasteiger charge is -2.07. The van der Waals surface area contributed by atoms with Crippen LogP contribution in [0.3, 0.4) is 0 Å². The summed E-state index contributed by atoms with van der Waals surface area (Å²) in [5.74, 6) is 0.0599. The van der Waals surface area contributed by atoms with Crippen LogP contribution in [0.5, 0.6) is 0 Å². The lowest BCUT2D eigenvalue weighted by molar-refractivity contribution is -0.116. The van der Waals surface area contributed by atoms with Gasteiger partial charge in [0, 0.05) is 9.99 Å². The molecule has 1 amide bonds. The van der Waals surface area contributed by atoms with E-state index in [1.165, 1.54) is 11.1 Å². The highest BCUT2D eigenvalue weighted by Gasteiger charge is 2.05. The number of carbonyl (C=O) groups is 1. The third-order valence-electron chi connectivity index (χ3n) is 2.91. The van der Waals surface area contributed by atoms with Gasteiger partial charge in [0.05, 0.1) is 5.69 Å². The van der Waals surface area contributed by atoms with E-state index in [-0.39, 0.29) is 5.91 Å². The molecule has 0 atom stereocenters. The fraction of sp³-hybridized carbons (Fsp3) is 0.188. The molecule has 2 rings (SSSR count). The van der Waals surface area contributed by atoms with Crippen molar-refractivity contribution in [2.24, 2.45) is 0 Å². The Morgan fingerprint density at radius 2 is 1.79 bits per heavy atom. The molecule has 0 saturated carbocycles. The van der Waals surface area contributed by atoms with E-state index < -0.39 is 0 Å². The van der Waals surface area contributed by atoms with Gasteiger partial charge in [-0.25, -0.2) is 0 Å². The van der Waals surface area contributed by atoms with Gasteiger partial charge >= 0.3 is 0 Å². The van der Waals surface area contributed by atoms with Gasteiger partial charge in [-0.05, 0) is 53.6 Å². The first-order chi connectivity index (χ1) is 9.15. The number of anilines is 1.